The summed E-state index contributed by atoms with van der Waals surface area (Å²) in [7, 11) is 0. The Balaban J connectivity index is 0.873. The second-order valence-electron chi connectivity index (χ2n) is 11.8. The fraction of sp³-hybridized carbons (Fsp3) is 0.297. The van der Waals surface area contributed by atoms with Crippen molar-refractivity contribution < 1.29 is 14.6 Å². The first-order valence-corrected chi connectivity index (χ1v) is 16.8. The summed E-state index contributed by atoms with van der Waals surface area (Å²) in [5, 5.41) is 16.4. The number of nitrogens with zero attached hydrogens (tertiary/aromatic N) is 1. The number of amides is 1. The lowest BCUT2D eigenvalue weighted by atomic mass is 10.0. The van der Waals surface area contributed by atoms with Gasteiger partial charge in [0.1, 0.15) is 17.4 Å². The van der Waals surface area contributed by atoms with Gasteiger partial charge in [-0.3, -0.25) is 10.1 Å². The molecule has 0 saturated carbocycles. The van der Waals surface area contributed by atoms with E-state index in [-0.39, 0.29) is 16.7 Å². The van der Waals surface area contributed by atoms with Gasteiger partial charge in [0.05, 0.1) is 10.4 Å². The minimum atomic E-state index is -0.396. The van der Waals surface area contributed by atoms with Crippen molar-refractivity contribution in [3.8, 4) is 16.9 Å². The molecule has 1 saturated heterocycles. The zero-order chi connectivity index (χ0) is 31.7. The van der Waals surface area contributed by atoms with E-state index < -0.39 is 6.09 Å². The molecule has 238 valence electrons. The minimum absolute atomic E-state index is 0.0741. The highest BCUT2D eigenvalue weighted by Gasteiger charge is 2.22. The maximum atomic E-state index is 12.7. The van der Waals surface area contributed by atoms with Crippen LogP contribution in [0.25, 0.3) is 21.3 Å². The molecule has 0 spiro atoms. The molecular weight excluding hydrogens is 596 g/mol. The Labute approximate surface area is 273 Å². The zero-order valence-electron chi connectivity index (χ0n) is 25.8. The Kier molecular flexibility index (Phi) is 10.4. The Morgan fingerprint density at radius 3 is 2.35 bits per heavy atom. The van der Waals surface area contributed by atoms with E-state index in [0.29, 0.717) is 5.52 Å². The van der Waals surface area contributed by atoms with E-state index in [9.17, 15) is 14.7 Å². The first-order chi connectivity index (χ1) is 22.5. The molecule has 0 aliphatic carbocycles. The molecule has 1 aliphatic rings. The van der Waals surface area contributed by atoms with Crippen molar-refractivity contribution in [3.63, 3.8) is 0 Å². The molecule has 1 amide bonds. The molecule has 1 aromatic heterocycles. The van der Waals surface area contributed by atoms with E-state index in [4.69, 9.17) is 4.74 Å². The molecule has 0 radical (unpaired) electrons. The predicted molar refractivity (Wildman–Crippen MR) is 186 cm³/mol. The van der Waals surface area contributed by atoms with E-state index in [0.717, 1.165) is 103 Å². The van der Waals surface area contributed by atoms with Gasteiger partial charge in [0.15, 0.2) is 0 Å². The highest BCUT2D eigenvalue weighted by molar-refractivity contribution is 7.16. The van der Waals surface area contributed by atoms with Crippen LogP contribution in [0.2, 0.25) is 0 Å². The number of hydrogen-bond donors (Lipinski definition) is 4. The molecular formula is C37H40N4O4S. The molecule has 4 aromatic carbocycles. The average molecular weight is 637 g/mol. The number of thiazole rings is 1. The van der Waals surface area contributed by atoms with E-state index in [2.05, 4.69) is 44.8 Å². The normalized spacial score (nSPS) is 14.0. The van der Waals surface area contributed by atoms with Crippen LogP contribution in [0.4, 0.5) is 10.5 Å². The van der Waals surface area contributed by atoms with Crippen molar-refractivity contribution in [2.45, 2.75) is 38.2 Å². The summed E-state index contributed by atoms with van der Waals surface area (Å²) in [5.41, 5.74) is 7.01. The quantitative estimate of drug-likeness (QED) is 0.115. The van der Waals surface area contributed by atoms with Crippen LogP contribution in [0.15, 0.2) is 95.8 Å². The monoisotopic (exact) mass is 636 g/mol. The van der Waals surface area contributed by atoms with Crippen LogP contribution >= 0.6 is 11.3 Å². The zero-order valence-corrected chi connectivity index (χ0v) is 26.7. The Morgan fingerprint density at radius 2 is 1.57 bits per heavy atom. The topological polar surface area (TPSA) is 107 Å². The molecule has 6 rings (SSSR count). The van der Waals surface area contributed by atoms with Crippen LogP contribution in [0.5, 0.6) is 5.75 Å². The van der Waals surface area contributed by atoms with Crippen LogP contribution in [-0.2, 0) is 24.0 Å². The van der Waals surface area contributed by atoms with Gasteiger partial charge < -0.3 is 25.0 Å². The second kappa shape index (κ2) is 15.2. The highest BCUT2D eigenvalue weighted by Crippen LogP contribution is 2.29. The van der Waals surface area contributed by atoms with Gasteiger partial charge in [0.25, 0.3) is 0 Å². The molecule has 1 fully saturated rings. The van der Waals surface area contributed by atoms with Crippen molar-refractivity contribution in [1.82, 2.24) is 15.2 Å². The van der Waals surface area contributed by atoms with E-state index in [1.807, 2.05) is 60.7 Å². The van der Waals surface area contributed by atoms with Crippen molar-refractivity contribution in [2.75, 3.05) is 38.0 Å². The third kappa shape index (κ3) is 8.23. The molecule has 4 N–H and O–H groups in total. The lowest BCUT2D eigenvalue weighted by molar-refractivity contribution is 0.0593. The maximum Gasteiger partial charge on any atom is 0.411 e. The molecule has 0 bridgehead atoms. The molecule has 0 atom stereocenters. The molecule has 46 heavy (non-hydrogen) atoms. The summed E-state index contributed by atoms with van der Waals surface area (Å²) in [4.78, 5) is 29.5. The van der Waals surface area contributed by atoms with Gasteiger partial charge in [-0.15, -0.1) is 0 Å². The number of ether oxygens (including phenoxy) is 1. The largest absolute Gasteiger partial charge is 0.506 e. The predicted octanol–water partition coefficient (Wildman–Crippen LogP) is 6.59. The molecule has 9 heteroatoms. The highest BCUT2D eigenvalue weighted by atomic mass is 32.1. The summed E-state index contributed by atoms with van der Waals surface area (Å²) < 4.78 is 6.64. The third-order valence-corrected chi connectivity index (χ3v) is 9.56. The number of aromatic nitrogens is 1. The molecule has 1 aliphatic heterocycles. The van der Waals surface area contributed by atoms with Gasteiger partial charge in [0.2, 0.25) is 0 Å². The van der Waals surface area contributed by atoms with E-state index >= 15 is 0 Å². The Morgan fingerprint density at radius 1 is 0.870 bits per heavy atom. The number of aromatic amines is 1. The van der Waals surface area contributed by atoms with E-state index in [1.54, 1.807) is 6.07 Å². The van der Waals surface area contributed by atoms with Gasteiger partial charge in [-0.25, -0.2) is 4.79 Å². The molecule has 2 heterocycles. The van der Waals surface area contributed by atoms with Crippen molar-refractivity contribution in [1.29, 1.82) is 0 Å². The van der Waals surface area contributed by atoms with Crippen LogP contribution < -0.4 is 15.5 Å². The summed E-state index contributed by atoms with van der Waals surface area (Å²) in [6.07, 6.45) is 3.94. The number of piperidine rings is 1. The van der Waals surface area contributed by atoms with Gasteiger partial charge in [0, 0.05) is 25.2 Å². The first kappa shape index (κ1) is 31.5. The third-order valence-electron chi connectivity index (χ3n) is 8.60. The van der Waals surface area contributed by atoms with Gasteiger partial charge in [-0.1, -0.05) is 90.2 Å². The maximum absolute atomic E-state index is 12.7. The fourth-order valence-corrected chi connectivity index (χ4v) is 6.91. The number of H-pyrrole nitrogens is 1. The van der Waals surface area contributed by atoms with Crippen LogP contribution in [0, 0.1) is 0 Å². The number of para-hydroxylation sites is 1. The first-order valence-electron chi connectivity index (χ1n) is 16.0. The molecule has 0 unspecified atom stereocenters. The lowest BCUT2D eigenvalue weighted by Gasteiger charge is -2.31. The van der Waals surface area contributed by atoms with Crippen molar-refractivity contribution >= 4 is 33.3 Å². The number of carbonyl (C=O) groups is 1. The molecule has 8 nitrogen and oxygen atoms in total. The van der Waals surface area contributed by atoms with Crippen LogP contribution in [0.3, 0.4) is 0 Å². The van der Waals surface area contributed by atoms with Crippen LogP contribution in [-0.4, -0.2) is 59.9 Å². The second-order valence-corrected chi connectivity index (χ2v) is 12.7. The minimum Gasteiger partial charge on any atom is -0.506 e. The van der Waals surface area contributed by atoms with Crippen molar-refractivity contribution in [2.24, 2.45) is 0 Å². The summed E-state index contributed by atoms with van der Waals surface area (Å²) >= 11 is 1.15. The number of anilines is 1. The number of benzene rings is 4. The van der Waals surface area contributed by atoms with Crippen LogP contribution in [0.1, 0.15) is 29.5 Å². The average Bonchev–Trinajstić information content (AvgIpc) is 3.49. The number of aromatic hydroxyl groups is 1. The smallest absolute Gasteiger partial charge is 0.411 e. The van der Waals surface area contributed by atoms with Gasteiger partial charge in [-0.05, 0) is 79.6 Å². The number of likely N-dealkylation sites (tertiary alicyclic amines) is 1. The summed E-state index contributed by atoms with van der Waals surface area (Å²) in [6, 6.07) is 30.3. The Bertz CT molecular complexity index is 1790. The van der Waals surface area contributed by atoms with Gasteiger partial charge in [-0.2, -0.15) is 0 Å². The number of phenols is 1. The number of hydrogen-bond acceptors (Lipinski definition) is 7. The number of carbonyl (C=O) groups excluding carboxylic acids is 1. The fourth-order valence-electron chi connectivity index (χ4n) is 6.01. The lowest BCUT2D eigenvalue weighted by Crippen LogP contribution is -2.39. The summed E-state index contributed by atoms with van der Waals surface area (Å²) in [6.45, 7) is 4.50. The van der Waals surface area contributed by atoms with Crippen molar-refractivity contribution in [3.05, 3.63) is 117 Å². The number of fused-ring (bicyclic) bond motifs is 1. The number of phenolic OH excluding ortho intramolecular Hbond substituents is 1. The number of rotatable bonds is 12. The standard InChI is InChI=1S/C37H40N4O4S/c42-33-15-14-29(35-34(33)40-37(44)46-35)17-22-38-21-16-26-10-12-27(13-11-26)18-23-41-24-19-30(20-25-41)45-36(43)39-32-9-5-4-8-31(32)28-6-2-1-3-7-28/h1-15,30,38,42H,16-25H2,(H,39,43)(H,40,44). The Hall–Kier alpha value is -4.44. The number of nitrogens with one attached hydrogen (secondary N) is 3. The van der Waals surface area contributed by atoms with E-state index in [1.165, 1.54) is 11.1 Å². The SMILES string of the molecule is O=C(Nc1ccccc1-c1ccccc1)OC1CCN(CCc2ccc(CCNCCc3ccc(O)c4[nH]c(=O)sc34)cc2)CC1. The summed E-state index contributed by atoms with van der Waals surface area (Å²) in [5.74, 6) is 0.117. The molecule has 5 aromatic rings. The van der Waals surface area contributed by atoms with Gasteiger partial charge >= 0.3 is 11.0 Å².